The fourth-order valence-electron chi connectivity index (χ4n) is 1.25. The number of aliphatic hydroxyl groups excluding tert-OH is 1. The zero-order valence-corrected chi connectivity index (χ0v) is 11.0. The van der Waals surface area contributed by atoms with E-state index in [9.17, 15) is 4.79 Å². The van der Waals surface area contributed by atoms with Gasteiger partial charge in [0.25, 0.3) is 5.56 Å². The third kappa shape index (κ3) is 3.05. The molecule has 0 aliphatic carbocycles. The van der Waals surface area contributed by atoms with Crippen LogP contribution in [0.25, 0.3) is 0 Å². The maximum absolute atomic E-state index is 11.8. The summed E-state index contributed by atoms with van der Waals surface area (Å²) in [5, 5.41) is 16.0. The highest BCUT2D eigenvalue weighted by atomic mass is 79.9. The number of halogens is 1. The molecule has 0 saturated carbocycles. The van der Waals surface area contributed by atoms with E-state index in [0.717, 1.165) is 6.42 Å². The number of nitrogens with zero attached hydrogens (tertiary/aromatic N) is 2. The van der Waals surface area contributed by atoms with Crippen LogP contribution in [0.15, 0.2) is 15.5 Å². The zero-order chi connectivity index (χ0) is 12.1. The summed E-state index contributed by atoms with van der Waals surface area (Å²) in [4.78, 5) is 11.8. The molecule has 1 atom stereocenters. The second-order valence-electron chi connectivity index (χ2n) is 3.63. The SMILES string of the molecule is CCCn1ncc(NC(C)CO)c(Br)c1=O. The van der Waals surface area contributed by atoms with Crippen molar-refractivity contribution in [2.75, 3.05) is 11.9 Å². The lowest BCUT2D eigenvalue weighted by molar-refractivity contribution is 0.281. The first kappa shape index (κ1) is 13.2. The Morgan fingerprint density at radius 1 is 1.69 bits per heavy atom. The molecule has 1 aromatic heterocycles. The lowest BCUT2D eigenvalue weighted by atomic mass is 10.3. The van der Waals surface area contributed by atoms with E-state index in [-0.39, 0.29) is 18.2 Å². The van der Waals surface area contributed by atoms with Crippen LogP contribution in [0.5, 0.6) is 0 Å². The van der Waals surface area contributed by atoms with E-state index in [1.807, 2.05) is 13.8 Å². The van der Waals surface area contributed by atoms with E-state index in [2.05, 4.69) is 26.3 Å². The van der Waals surface area contributed by atoms with Gasteiger partial charge in [-0.25, -0.2) is 4.68 Å². The van der Waals surface area contributed by atoms with Gasteiger partial charge in [-0.05, 0) is 29.3 Å². The molecule has 6 heteroatoms. The second kappa shape index (κ2) is 6.00. The third-order valence-corrected chi connectivity index (χ3v) is 2.86. The number of aromatic nitrogens is 2. The van der Waals surface area contributed by atoms with Crippen molar-refractivity contribution in [2.24, 2.45) is 0 Å². The van der Waals surface area contributed by atoms with Gasteiger partial charge >= 0.3 is 0 Å². The number of hydrogen-bond acceptors (Lipinski definition) is 4. The molecule has 0 bridgehead atoms. The topological polar surface area (TPSA) is 67.2 Å². The molecule has 1 unspecified atom stereocenters. The van der Waals surface area contributed by atoms with Gasteiger partial charge in [0.1, 0.15) is 4.47 Å². The molecule has 16 heavy (non-hydrogen) atoms. The monoisotopic (exact) mass is 289 g/mol. The van der Waals surface area contributed by atoms with Crippen molar-refractivity contribution in [3.05, 3.63) is 21.0 Å². The third-order valence-electron chi connectivity index (χ3n) is 2.10. The Balaban J connectivity index is 2.98. The van der Waals surface area contributed by atoms with Crippen LogP contribution in [0.1, 0.15) is 20.3 Å². The zero-order valence-electron chi connectivity index (χ0n) is 9.40. The number of aryl methyl sites for hydroxylation is 1. The van der Waals surface area contributed by atoms with E-state index in [1.54, 1.807) is 6.20 Å². The maximum Gasteiger partial charge on any atom is 0.283 e. The number of anilines is 1. The van der Waals surface area contributed by atoms with Crippen molar-refractivity contribution in [1.82, 2.24) is 9.78 Å². The number of rotatable bonds is 5. The molecule has 0 radical (unpaired) electrons. The van der Waals surface area contributed by atoms with Gasteiger partial charge in [-0.15, -0.1) is 0 Å². The van der Waals surface area contributed by atoms with Crippen molar-refractivity contribution in [3.8, 4) is 0 Å². The van der Waals surface area contributed by atoms with E-state index in [4.69, 9.17) is 5.11 Å². The Kier molecular flexibility index (Phi) is 4.95. The normalized spacial score (nSPS) is 12.5. The van der Waals surface area contributed by atoms with Crippen LogP contribution in [0.3, 0.4) is 0 Å². The summed E-state index contributed by atoms with van der Waals surface area (Å²) < 4.78 is 1.87. The Morgan fingerprint density at radius 3 is 2.94 bits per heavy atom. The maximum atomic E-state index is 11.8. The number of aliphatic hydroxyl groups is 1. The summed E-state index contributed by atoms with van der Waals surface area (Å²) >= 11 is 3.24. The summed E-state index contributed by atoms with van der Waals surface area (Å²) in [6.07, 6.45) is 2.45. The van der Waals surface area contributed by atoms with Crippen LogP contribution in [0.2, 0.25) is 0 Å². The Morgan fingerprint density at radius 2 is 2.38 bits per heavy atom. The molecular weight excluding hydrogens is 274 g/mol. The summed E-state index contributed by atoms with van der Waals surface area (Å²) in [6.45, 7) is 4.42. The van der Waals surface area contributed by atoms with Crippen molar-refractivity contribution < 1.29 is 5.11 Å². The van der Waals surface area contributed by atoms with Gasteiger partial charge in [-0.1, -0.05) is 6.92 Å². The second-order valence-corrected chi connectivity index (χ2v) is 4.42. The average Bonchev–Trinajstić information content (AvgIpc) is 2.28. The van der Waals surface area contributed by atoms with Crippen molar-refractivity contribution in [2.45, 2.75) is 32.9 Å². The summed E-state index contributed by atoms with van der Waals surface area (Å²) in [5.74, 6) is 0. The first-order valence-corrected chi connectivity index (χ1v) is 6.02. The molecule has 0 spiro atoms. The van der Waals surface area contributed by atoms with E-state index < -0.39 is 0 Å². The van der Waals surface area contributed by atoms with E-state index in [0.29, 0.717) is 16.7 Å². The average molecular weight is 290 g/mol. The van der Waals surface area contributed by atoms with Crippen molar-refractivity contribution in [3.63, 3.8) is 0 Å². The molecule has 0 aliphatic rings. The van der Waals surface area contributed by atoms with Crippen molar-refractivity contribution >= 4 is 21.6 Å². The van der Waals surface area contributed by atoms with Gasteiger partial charge in [0.2, 0.25) is 0 Å². The minimum atomic E-state index is -0.156. The summed E-state index contributed by atoms with van der Waals surface area (Å²) in [7, 11) is 0. The van der Waals surface area contributed by atoms with Gasteiger partial charge in [0.05, 0.1) is 18.5 Å². The van der Waals surface area contributed by atoms with Crippen LogP contribution in [0, 0.1) is 0 Å². The molecule has 0 amide bonds. The first-order chi connectivity index (χ1) is 7.60. The Labute approximate surface area is 103 Å². The van der Waals surface area contributed by atoms with E-state index >= 15 is 0 Å². The Hall–Kier alpha value is -0.880. The van der Waals surface area contributed by atoms with Crippen molar-refractivity contribution in [1.29, 1.82) is 0 Å². The highest BCUT2D eigenvalue weighted by Crippen LogP contribution is 2.16. The lowest BCUT2D eigenvalue weighted by Crippen LogP contribution is -2.27. The van der Waals surface area contributed by atoms with E-state index in [1.165, 1.54) is 4.68 Å². The number of hydrogen-bond donors (Lipinski definition) is 2. The van der Waals surface area contributed by atoms with Gasteiger partial charge < -0.3 is 10.4 Å². The molecule has 90 valence electrons. The van der Waals surface area contributed by atoms with Crippen LogP contribution < -0.4 is 10.9 Å². The molecule has 0 saturated heterocycles. The lowest BCUT2D eigenvalue weighted by Gasteiger charge is -2.14. The molecule has 1 heterocycles. The minimum Gasteiger partial charge on any atom is -0.394 e. The van der Waals surface area contributed by atoms with Crippen LogP contribution in [-0.2, 0) is 6.54 Å². The van der Waals surface area contributed by atoms with Gasteiger partial charge in [0.15, 0.2) is 0 Å². The van der Waals surface area contributed by atoms with Crippen LogP contribution in [-0.4, -0.2) is 27.5 Å². The molecule has 1 rings (SSSR count). The molecule has 2 N–H and O–H groups in total. The largest absolute Gasteiger partial charge is 0.394 e. The molecule has 5 nitrogen and oxygen atoms in total. The van der Waals surface area contributed by atoms with Gasteiger partial charge in [-0.2, -0.15) is 5.10 Å². The molecule has 0 aromatic carbocycles. The first-order valence-electron chi connectivity index (χ1n) is 5.23. The minimum absolute atomic E-state index is 0.00445. The predicted octanol–water partition coefficient (Wildman–Crippen LogP) is 1.21. The Bertz CT molecular complexity index is 406. The highest BCUT2D eigenvalue weighted by Gasteiger charge is 2.09. The molecule has 0 aliphatic heterocycles. The summed E-state index contributed by atoms with van der Waals surface area (Å²) in [5.41, 5.74) is 0.455. The van der Waals surface area contributed by atoms with Gasteiger partial charge in [-0.3, -0.25) is 4.79 Å². The molecular formula is C10H16BrN3O2. The summed E-state index contributed by atoms with van der Waals surface area (Å²) in [6, 6.07) is -0.112. The fraction of sp³-hybridized carbons (Fsp3) is 0.600. The van der Waals surface area contributed by atoms with Crippen LogP contribution in [0.4, 0.5) is 5.69 Å². The predicted molar refractivity (Wildman–Crippen MR) is 66.7 cm³/mol. The van der Waals surface area contributed by atoms with Crippen LogP contribution >= 0.6 is 15.9 Å². The smallest absolute Gasteiger partial charge is 0.283 e. The van der Waals surface area contributed by atoms with Gasteiger partial charge in [0, 0.05) is 12.6 Å². The standard InChI is InChI=1S/C10H16BrN3O2/c1-3-4-14-10(16)9(11)8(5-12-14)13-7(2)6-15/h5,7,13,15H,3-4,6H2,1-2H3. The fourth-order valence-corrected chi connectivity index (χ4v) is 1.67. The quantitative estimate of drug-likeness (QED) is 0.855. The highest BCUT2D eigenvalue weighted by molar-refractivity contribution is 9.10. The number of nitrogens with one attached hydrogen (secondary N) is 1. The molecule has 0 fully saturated rings. The molecule has 1 aromatic rings.